The Labute approximate surface area is 262 Å². The van der Waals surface area contributed by atoms with Gasteiger partial charge in [0.05, 0.1) is 24.3 Å². The first-order valence-electron chi connectivity index (χ1n) is 14.1. The number of nitrogens with one attached hydrogen (secondary N) is 1. The Hall–Kier alpha value is -4.15. The van der Waals surface area contributed by atoms with Crippen LogP contribution < -0.4 is 9.46 Å². The molecule has 5 rings (SSSR count). The molecule has 0 radical (unpaired) electrons. The second-order valence-corrected chi connectivity index (χ2v) is 13.0. The monoisotopic (exact) mass is 631 g/mol. The van der Waals surface area contributed by atoms with Gasteiger partial charge in [-0.15, -0.1) is 0 Å². The number of halogens is 1. The number of aromatic nitrogens is 1. The molecule has 44 heavy (non-hydrogen) atoms. The zero-order valence-corrected chi connectivity index (χ0v) is 26.2. The van der Waals surface area contributed by atoms with Crippen LogP contribution in [-0.4, -0.2) is 49.1 Å². The minimum atomic E-state index is -3.79. The van der Waals surface area contributed by atoms with E-state index in [-0.39, 0.29) is 18.2 Å². The molecule has 0 bridgehead atoms. The fourth-order valence-electron chi connectivity index (χ4n) is 5.49. The van der Waals surface area contributed by atoms with Crippen LogP contribution in [0.1, 0.15) is 51.7 Å². The average molecular weight is 632 g/mol. The summed E-state index contributed by atoms with van der Waals surface area (Å²) in [6.07, 6.45) is 0.435. The molecule has 1 heterocycles. The van der Waals surface area contributed by atoms with E-state index in [1.807, 2.05) is 61.5 Å². The first kappa shape index (κ1) is 31.3. The normalized spacial score (nSPS) is 12.6. The number of carboxylic acids is 1. The lowest BCUT2D eigenvalue weighted by atomic mass is 9.97. The highest BCUT2D eigenvalue weighted by atomic mass is 35.5. The quantitative estimate of drug-likeness (QED) is 0.159. The van der Waals surface area contributed by atoms with E-state index < -0.39 is 22.2 Å². The van der Waals surface area contributed by atoms with Crippen molar-refractivity contribution in [2.45, 2.75) is 25.4 Å². The van der Waals surface area contributed by atoms with Crippen molar-refractivity contribution in [3.8, 4) is 5.75 Å². The van der Waals surface area contributed by atoms with Crippen molar-refractivity contribution in [3.05, 3.63) is 136 Å². The Morgan fingerprint density at radius 1 is 0.932 bits per heavy atom. The van der Waals surface area contributed by atoms with Gasteiger partial charge in [0, 0.05) is 42.1 Å². The number of fused-ring (bicyclic) bond motifs is 1. The van der Waals surface area contributed by atoms with Crippen LogP contribution in [0.2, 0.25) is 5.02 Å². The van der Waals surface area contributed by atoms with E-state index in [0.717, 1.165) is 37.6 Å². The molecule has 0 saturated heterocycles. The third-order valence-corrected chi connectivity index (χ3v) is 9.39. The first-order valence-corrected chi connectivity index (χ1v) is 16.0. The molecular formula is C34H34ClN3O5S. The van der Waals surface area contributed by atoms with E-state index >= 15 is 0 Å². The summed E-state index contributed by atoms with van der Waals surface area (Å²) < 4.78 is 38.5. The Morgan fingerprint density at radius 3 is 2.07 bits per heavy atom. The molecule has 10 heteroatoms. The highest BCUT2D eigenvalue weighted by Gasteiger charge is 2.30. The van der Waals surface area contributed by atoms with Crippen molar-refractivity contribution >= 4 is 38.7 Å². The van der Waals surface area contributed by atoms with Gasteiger partial charge in [0.15, 0.2) is 0 Å². The van der Waals surface area contributed by atoms with Gasteiger partial charge in [-0.1, -0.05) is 72.3 Å². The fourth-order valence-corrected chi connectivity index (χ4v) is 6.44. The van der Waals surface area contributed by atoms with E-state index in [1.165, 1.54) is 26.2 Å². The van der Waals surface area contributed by atoms with Crippen molar-refractivity contribution in [2.75, 3.05) is 20.7 Å². The van der Waals surface area contributed by atoms with Gasteiger partial charge >= 0.3 is 5.97 Å². The van der Waals surface area contributed by atoms with Gasteiger partial charge in [-0.05, 0) is 66.1 Å². The van der Waals surface area contributed by atoms with Crippen molar-refractivity contribution < 1.29 is 23.1 Å². The lowest BCUT2D eigenvalue weighted by Gasteiger charge is -2.28. The van der Waals surface area contributed by atoms with E-state index in [1.54, 1.807) is 12.1 Å². The summed E-state index contributed by atoms with van der Waals surface area (Å²) >= 11 is 6.56. The van der Waals surface area contributed by atoms with Crippen LogP contribution in [-0.2, 0) is 16.6 Å². The average Bonchev–Trinajstić information content (AvgIpc) is 3.31. The van der Waals surface area contributed by atoms with Crippen LogP contribution in [0.4, 0.5) is 0 Å². The number of hydrogen-bond acceptors (Lipinski definition) is 4. The SMILES string of the molecule is CC(NS(=O)(=O)N(C)C)c1c(CCOc2ccc(C(=O)O)cc2)c2cc(Cl)ccc2n1C(c1ccccc1)c1ccccc1. The molecule has 2 N–H and O–H groups in total. The van der Waals surface area contributed by atoms with Crippen LogP contribution in [0.25, 0.3) is 10.9 Å². The van der Waals surface area contributed by atoms with Crippen LogP contribution in [0.15, 0.2) is 103 Å². The molecule has 1 atom stereocenters. The number of nitrogens with zero attached hydrogens (tertiary/aromatic N) is 2. The predicted molar refractivity (Wildman–Crippen MR) is 174 cm³/mol. The molecule has 0 saturated carbocycles. The third kappa shape index (κ3) is 6.66. The molecule has 8 nitrogen and oxygen atoms in total. The minimum Gasteiger partial charge on any atom is -0.493 e. The van der Waals surface area contributed by atoms with E-state index in [4.69, 9.17) is 16.3 Å². The number of aromatic carboxylic acids is 1. The van der Waals surface area contributed by atoms with Gasteiger partial charge in [0.2, 0.25) is 0 Å². The standard InChI is InChI=1S/C34H34ClN3O5S/c1-23(36-44(41,42)37(2)3)32-29(20-21-43-28-17-14-26(15-18-28)34(39)40)30-22-27(35)16-19-31(30)38(32)33(24-10-6-4-7-11-24)25-12-8-5-9-13-25/h4-19,22-23,33,36H,20-21H2,1-3H3,(H,39,40). The largest absolute Gasteiger partial charge is 0.493 e. The molecule has 0 fully saturated rings. The Bertz CT molecular complexity index is 1820. The highest BCUT2D eigenvalue weighted by Crippen LogP contribution is 2.40. The third-order valence-electron chi connectivity index (χ3n) is 7.54. The molecular weight excluding hydrogens is 598 g/mol. The van der Waals surface area contributed by atoms with Gasteiger partial charge in [-0.2, -0.15) is 17.4 Å². The van der Waals surface area contributed by atoms with Crippen LogP contribution >= 0.6 is 11.6 Å². The summed E-state index contributed by atoms with van der Waals surface area (Å²) in [4.78, 5) is 11.3. The lowest BCUT2D eigenvalue weighted by molar-refractivity contribution is 0.0697. The molecule has 1 aromatic heterocycles. The molecule has 1 unspecified atom stereocenters. The van der Waals surface area contributed by atoms with Gasteiger partial charge in [0.1, 0.15) is 5.75 Å². The summed E-state index contributed by atoms with van der Waals surface area (Å²) in [6.45, 7) is 2.11. The van der Waals surface area contributed by atoms with Crippen LogP contribution in [0.3, 0.4) is 0 Å². The molecule has 0 aliphatic carbocycles. The molecule has 4 aromatic carbocycles. The number of carbonyl (C=O) groups is 1. The highest BCUT2D eigenvalue weighted by molar-refractivity contribution is 7.87. The lowest BCUT2D eigenvalue weighted by Crippen LogP contribution is -2.38. The van der Waals surface area contributed by atoms with Crippen LogP contribution in [0, 0.1) is 0 Å². The second kappa shape index (κ2) is 13.2. The molecule has 0 aliphatic rings. The summed E-state index contributed by atoms with van der Waals surface area (Å²) in [6, 6.07) is 31.3. The predicted octanol–water partition coefficient (Wildman–Crippen LogP) is 6.71. The first-order chi connectivity index (χ1) is 21.1. The summed E-state index contributed by atoms with van der Waals surface area (Å²) in [5.74, 6) is -0.474. The molecule has 5 aromatic rings. The van der Waals surface area contributed by atoms with E-state index in [2.05, 4.69) is 33.6 Å². The number of rotatable bonds is 12. The van der Waals surface area contributed by atoms with Gasteiger partial charge < -0.3 is 14.4 Å². The van der Waals surface area contributed by atoms with Crippen molar-refractivity contribution in [2.24, 2.45) is 0 Å². The van der Waals surface area contributed by atoms with Gasteiger partial charge in [-0.3, -0.25) is 0 Å². The Kier molecular flexibility index (Phi) is 9.41. The van der Waals surface area contributed by atoms with Crippen molar-refractivity contribution in [3.63, 3.8) is 0 Å². The zero-order valence-electron chi connectivity index (χ0n) is 24.6. The Morgan fingerprint density at radius 2 is 1.52 bits per heavy atom. The van der Waals surface area contributed by atoms with Gasteiger partial charge in [-0.25, -0.2) is 4.79 Å². The van der Waals surface area contributed by atoms with E-state index in [9.17, 15) is 18.3 Å². The maximum atomic E-state index is 13.1. The Balaban J connectivity index is 1.69. The molecule has 0 aliphatic heterocycles. The zero-order chi connectivity index (χ0) is 31.4. The summed E-state index contributed by atoms with van der Waals surface area (Å²) in [5, 5.41) is 10.7. The molecule has 0 amide bonds. The summed E-state index contributed by atoms with van der Waals surface area (Å²) in [7, 11) is -0.806. The molecule has 0 spiro atoms. The smallest absolute Gasteiger partial charge is 0.335 e. The van der Waals surface area contributed by atoms with E-state index in [0.29, 0.717) is 17.2 Å². The second-order valence-electron chi connectivity index (χ2n) is 10.7. The maximum Gasteiger partial charge on any atom is 0.335 e. The fraction of sp³-hybridized carbons (Fsp3) is 0.206. The number of benzene rings is 4. The van der Waals surface area contributed by atoms with Crippen molar-refractivity contribution in [1.82, 2.24) is 13.6 Å². The van der Waals surface area contributed by atoms with Gasteiger partial charge in [0.25, 0.3) is 10.2 Å². The minimum absolute atomic E-state index is 0.173. The van der Waals surface area contributed by atoms with Crippen LogP contribution in [0.5, 0.6) is 5.75 Å². The topological polar surface area (TPSA) is 101 Å². The molecule has 228 valence electrons. The number of carboxylic acid groups (broad SMARTS) is 1. The summed E-state index contributed by atoms with van der Waals surface area (Å²) in [5.41, 5.74) is 4.84. The maximum absolute atomic E-state index is 13.1. The number of ether oxygens (including phenoxy) is 1. The van der Waals surface area contributed by atoms with Crippen molar-refractivity contribution in [1.29, 1.82) is 0 Å². The number of hydrogen-bond donors (Lipinski definition) is 2.